The molecule has 1 saturated carbocycles. The molecule has 3 N–H and O–H groups in total. The first-order valence-electron chi connectivity index (χ1n) is 4.29. The maximum atomic E-state index is 10.9. The fourth-order valence-electron chi connectivity index (χ4n) is 1.48. The molecule has 0 spiro atoms. The highest BCUT2D eigenvalue weighted by atomic mass is 16.1. The van der Waals surface area contributed by atoms with Gasteiger partial charge in [-0.2, -0.15) is 0 Å². The van der Waals surface area contributed by atoms with Gasteiger partial charge in [-0.05, 0) is 19.3 Å². The summed E-state index contributed by atoms with van der Waals surface area (Å²) < 4.78 is 0. The van der Waals surface area contributed by atoms with Crippen LogP contribution in [0.1, 0.15) is 32.6 Å². The Balaban J connectivity index is 2.30. The van der Waals surface area contributed by atoms with Gasteiger partial charge >= 0.3 is 0 Å². The lowest BCUT2D eigenvalue weighted by Crippen LogP contribution is -2.43. The SMILES string of the molecule is CCC(=O)NC1CCCC1N. The zero-order chi connectivity index (χ0) is 8.27. The van der Waals surface area contributed by atoms with Crippen LogP contribution in [-0.4, -0.2) is 18.0 Å². The molecule has 2 unspecified atom stereocenters. The highest BCUT2D eigenvalue weighted by Crippen LogP contribution is 2.16. The van der Waals surface area contributed by atoms with Crippen molar-refractivity contribution in [1.82, 2.24) is 5.32 Å². The van der Waals surface area contributed by atoms with Gasteiger partial charge in [-0.3, -0.25) is 4.79 Å². The van der Waals surface area contributed by atoms with E-state index in [1.54, 1.807) is 0 Å². The summed E-state index contributed by atoms with van der Waals surface area (Å²) in [7, 11) is 0. The summed E-state index contributed by atoms with van der Waals surface area (Å²) in [6.07, 6.45) is 3.81. The van der Waals surface area contributed by atoms with Crippen molar-refractivity contribution in [2.75, 3.05) is 0 Å². The van der Waals surface area contributed by atoms with E-state index in [2.05, 4.69) is 5.32 Å². The lowest BCUT2D eigenvalue weighted by molar-refractivity contribution is -0.121. The van der Waals surface area contributed by atoms with Gasteiger partial charge in [0, 0.05) is 18.5 Å². The first kappa shape index (κ1) is 8.53. The standard InChI is InChI=1S/C8H16N2O/c1-2-8(11)10-7-5-3-4-6(7)9/h6-7H,2-5,9H2,1H3,(H,10,11). The largest absolute Gasteiger partial charge is 0.352 e. The quantitative estimate of drug-likeness (QED) is 0.607. The van der Waals surface area contributed by atoms with Gasteiger partial charge < -0.3 is 11.1 Å². The van der Waals surface area contributed by atoms with Crippen LogP contribution >= 0.6 is 0 Å². The third kappa shape index (κ3) is 2.19. The lowest BCUT2D eigenvalue weighted by Gasteiger charge is -2.16. The molecule has 11 heavy (non-hydrogen) atoms. The number of nitrogens with two attached hydrogens (primary N) is 1. The predicted molar refractivity (Wildman–Crippen MR) is 44.0 cm³/mol. The van der Waals surface area contributed by atoms with Crippen molar-refractivity contribution in [3.63, 3.8) is 0 Å². The predicted octanol–water partition coefficient (Wildman–Crippen LogP) is 0.392. The van der Waals surface area contributed by atoms with Gasteiger partial charge in [0.15, 0.2) is 0 Å². The van der Waals surface area contributed by atoms with Gasteiger partial charge in [0.05, 0.1) is 0 Å². The Morgan fingerprint density at radius 1 is 1.64 bits per heavy atom. The third-order valence-electron chi connectivity index (χ3n) is 2.24. The van der Waals surface area contributed by atoms with Crippen molar-refractivity contribution >= 4 is 5.91 Å². The Morgan fingerprint density at radius 2 is 2.36 bits per heavy atom. The van der Waals surface area contributed by atoms with Crippen LogP contribution < -0.4 is 11.1 Å². The minimum atomic E-state index is 0.118. The second kappa shape index (κ2) is 3.72. The smallest absolute Gasteiger partial charge is 0.219 e. The van der Waals surface area contributed by atoms with Crippen molar-refractivity contribution in [3.8, 4) is 0 Å². The van der Waals surface area contributed by atoms with Crippen LogP contribution in [0.5, 0.6) is 0 Å². The van der Waals surface area contributed by atoms with Crippen molar-refractivity contribution < 1.29 is 4.79 Å². The van der Waals surface area contributed by atoms with Crippen LogP contribution in [0.4, 0.5) is 0 Å². The van der Waals surface area contributed by atoms with E-state index in [-0.39, 0.29) is 18.0 Å². The second-order valence-electron chi connectivity index (χ2n) is 3.12. The van der Waals surface area contributed by atoms with Crippen molar-refractivity contribution in [3.05, 3.63) is 0 Å². The fourth-order valence-corrected chi connectivity index (χ4v) is 1.48. The first-order chi connectivity index (χ1) is 5.24. The molecule has 1 rings (SSSR count). The summed E-state index contributed by atoms with van der Waals surface area (Å²) >= 11 is 0. The number of carbonyl (C=O) groups is 1. The summed E-state index contributed by atoms with van der Waals surface area (Å²) in [5.74, 6) is 0.118. The first-order valence-corrected chi connectivity index (χ1v) is 4.29. The highest BCUT2D eigenvalue weighted by molar-refractivity contribution is 5.75. The molecule has 3 heteroatoms. The molecule has 1 aliphatic carbocycles. The zero-order valence-electron chi connectivity index (χ0n) is 6.97. The fraction of sp³-hybridized carbons (Fsp3) is 0.875. The van der Waals surface area contributed by atoms with E-state index < -0.39 is 0 Å². The van der Waals surface area contributed by atoms with E-state index >= 15 is 0 Å². The molecule has 0 aromatic carbocycles. The monoisotopic (exact) mass is 156 g/mol. The summed E-state index contributed by atoms with van der Waals surface area (Å²) in [6.45, 7) is 1.86. The summed E-state index contributed by atoms with van der Waals surface area (Å²) in [6, 6.07) is 0.424. The number of hydrogen-bond acceptors (Lipinski definition) is 2. The highest BCUT2D eigenvalue weighted by Gasteiger charge is 2.24. The Hall–Kier alpha value is -0.570. The molecule has 0 heterocycles. The summed E-state index contributed by atoms with van der Waals surface area (Å²) in [5, 5.41) is 2.91. The molecule has 1 amide bonds. The third-order valence-corrected chi connectivity index (χ3v) is 2.24. The molecule has 0 bridgehead atoms. The Labute approximate surface area is 67.3 Å². The Kier molecular flexibility index (Phi) is 2.88. The average molecular weight is 156 g/mol. The van der Waals surface area contributed by atoms with Crippen LogP contribution in [0, 0.1) is 0 Å². The molecule has 2 atom stereocenters. The molecule has 0 aromatic rings. The van der Waals surface area contributed by atoms with Crippen LogP contribution in [0.15, 0.2) is 0 Å². The van der Waals surface area contributed by atoms with Crippen molar-refractivity contribution in [1.29, 1.82) is 0 Å². The minimum Gasteiger partial charge on any atom is -0.352 e. The van der Waals surface area contributed by atoms with E-state index in [1.165, 1.54) is 0 Å². The second-order valence-corrected chi connectivity index (χ2v) is 3.12. The number of rotatable bonds is 2. The van der Waals surface area contributed by atoms with Gasteiger partial charge in [-0.25, -0.2) is 0 Å². The number of amides is 1. The molecular formula is C8H16N2O. The molecule has 1 aliphatic rings. The van der Waals surface area contributed by atoms with Gasteiger partial charge in [0.25, 0.3) is 0 Å². The van der Waals surface area contributed by atoms with Crippen LogP contribution in [0.25, 0.3) is 0 Å². The van der Waals surface area contributed by atoms with Crippen LogP contribution in [0.3, 0.4) is 0 Å². The minimum absolute atomic E-state index is 0.118. The van der Waals surface area contributed by atoms with E-state index in [1.807, 2.05) is 6.92 Å². The molecule has 3 nitrogen and oxygen atoms in total. The van der Waals surface area contributed by atoms with Crippen LogP contribution in [0.2, 0.25) is 0 Å². The summed E-state index contributed by atoms with van der Waals surface area (Å²) in [4.78, 5) is 10.9. The van der Waals surface area contributed by atoms with Crippen molar-refractivity contribution in [2.24, 2.45) is 5.73 Å². The zero-order valence-corrected chi connectivity index (χ0v) is 6.97. The Morgan fingerprint density at radius 3 is 2.82 bits per heavy atom. The topological polar surface area (TPSA) is 55.1 Å². The number of carbonyl (C=O) groups excluding carboxylic acids is 1. The van der Waals surface area contributed by atoms with Gasteiger partial charge in [0.1, 0.15) is 0 Å². The molecule has 0 aliphatic heterocycles. The Bertz CT molecular complexity index is 147. The van der Waals surface area contributed by atoms with E-state index in [0.29, 0.717) is 6.42 Å². The number of nitrogens with one attached hydrogen (secondary N) is 1. The van der Waals surface area contributed by atoms with E-state index in [4.69, 9.17) is 5.73 Å². The van der Waals surface area contributed by atoms with E-state index in [0.717, 1.165) is 19.3 Å². The van der Waals surface area contributed by atoms with Gasteiger partial charge in [0.2, 0.25) is 5.91 Å². The van der Waals surface area contributed by atoms with E-state index in [9.17, 15) is 4.79 Å². The van der Waals surface area contributed by atoms with Gasteiger partial charge in [-0.15, -0.1) is 0 Å². The molecule has 1 fully saturated rings. The summed E-state index contributed by atoms with van der Waals surface area (Å²) in [5.41, 5.74) is 5.77. The average Bonchev–Trinajstić information content (AvgIpc) is 2.37. The molecule has 64 valence electrons. The van der Waals surface area contributed by atoms with Crippen molar-refractivity contribution in [2.45, 2.75) is 44.7 Å². The normalized spacial score (nSPS) is 30.4. The molecule has 0 aromatic heterocycles. The van der Waals surface area contributed by atoms with Gasteiger partial charge in [-0.1, -0.05) is 6.92 Å². The molecular weight excluding hydrogens is 140 g/mol. The van der Waals surface area contributed by atoms with Crippen LogP contribution in [-0.2, 0) is 4.79 Å². The maximum absolute atomic E-state index is 10.9. The molecule has 0 radical (unpaired) electrons. The number of hydrogen-bond donors (Lipinski definition) is 2. The lowest BCUT2D eigenvalue weighted by atomic mass is 10.2. The molecule has 0 saturated heterocycles. The maximum Gasteiger partial charge on any atom is 0.219 e.